The summed E-state index contributed by atoms with van der Waals surface area (Å²) in [4.78, 5) is 0. The highest BCUT2D eigenvalue weighted by Crippen LogP contribution is 2.25. The van der Waals surface area contributed by atoms with Gasteiger partial charge in [0.05, 0.1) is 5.69 Å². The maximum Gasteiger partial charge on any atom is 0.138 e. The summed E-state index contributed by atoms with van der Waals surface area (Å²) in [6.07, 6.45) is 0. The van der Waals surface area contributed by atoms with E-state index in [0.717, 1.165) is 17.0 Å². The summed E-state index contributed by atoms with van der Waals surface area (Å²) in [7, 11) is 0. The minimum absolute atomic E-state index is 0.214. The van der Waals surface area contributed by atoms with Crippen molar-refractivity contribution in [2.75, 3.05) is 0 Å². The van der Waals surface area contributed by atoms with Crippen LogP contribution in [-0.2, 0) is 0 Å². The second-order valence-corrected chi connectivity index (χ2v) is 3.19. The number of hydrogen-bond donors (Lipinski definition) is 1. The van der Waals surface area contributed by atoms with E-state index in [1.165, 1.54) is 0 Å². The average molecular weight is 157 g/mol. The maximum atomic E-state index is 4.96. The molecule has 0 saturated carbocycles. The Bertz CT molecular complexity index is 210. The van der Waals surface area contributed by atoms with E-state index in [1.54, 1.807) is 0 Å². The van der Waals surface area contributed by atoms with Crippen molar-refractivity contribution in [3.63, 3.8) is 0 Å². The van der Waals surface area contributed by atoms with Crippen LogP contribution in [-0.4, -0.2) is 5.16 Å². The first-order valence-electron chi connectivity index (χ1n) is 3.23. The lowest BCUT2D eigenvalue weighted by Crippen LogP contribution is -1.87. The van der Waals surface area contributed by atoms with Crippen molar-refractivity contribution in [3.8, 4) is 0 Å². The standard InChI is InChI=1S/C7H11NOS/c1-4-7(6(3)10)5(2)9-8-4/h6,10H,1-3H3/t6-/m1/s1. The molecular formula is C7H11NOS. The first-order chi connectivity index (χ1) is 4.63. The highest BCUT2D eigenvalue weighted by Gasteiger charge is 2.11. The Morgan fingerprint density at radius 1 is 1.50 bits per heavy atom. The smallest absolute Gasteiger partial charge is 0.138 e. The Hall–Kier alpha value is -0.440. The van der Waals surface area contributed by atoms with Crippen LogP contribution in [0.2, 0.25) is 0 Å². The molecule has 0 N–H and O–H groups in total. The molecule has 1 aromatic heterocycles. The number of thiol groups is 1. The fourth-order valence-corrected chi connectivity index (χ4v) is 1.46. The Morgan fingerprint density at radius 3 is 2.30 bits per heavy atom. The van der Waals surface area contributed by atoms with Gasteiger partial charge in [0.2, 0.25) is 0 Å². The lowest BCUT2D eigenvalue weighted by molar-refractivity contribution is 0.392. The number of aryl methyl sites for hydroxylation is 2. The van der Waals surface area contributed by atoms with E-state index in [2.05, 4.69) is 17.8 Å². The van der Waals surface area contributed by atoms with Crippen LogP contribution < -0.4 is 0 Å². The van der Waals surface area contributed by atoms with Gasteiger partial charge in [0.1, 0.15) is 5.76 Å². The minimum atomic E-state index is 0.214. The van der Waals surface area contributed by atoms with Gasteiger partial charge in [0.15, 0.2) is 0 Å². The number of rotatable bonds is 1. The van der Waals surface area contributed by atoms with Crippen LogP contribution >= 0.6 is 12.6 Å². The molecule has 0 spiro atoms. The molecule has 0 aromatic carbocycles. The molecule has 0 radical (unpaired) electrons. The Kier molecular flexibility index (Phi) is 2.04. The molecule has 1 rings (SSSR count). The number of aromatic nitrogens is 1. The van der Waals surface area contributed by atoms with Crippen molar-refractivity contribution in [1.29, 1.82) is 0 Å². The van der Waals surface area contributed by atoms with Gasteiger partial charge < -0.3 is 4.52 Å². The third-order valence-corrected chi connectivity index (χ3v) is 1.76. The van der Waals surface area contributed by atoms with Crippen LogP contribution in [0.3, 0.4) is 0 Å². The molecule has 0 aliphatic heterocycles. The second-order valence-electron chi connectivity index (χ2n) is 2.41. The normalized spacial score (nSPS) is 13.6. The van der Waals surface area contributed by atoms with Crippen LogP contribution in [0.15, 0.2) is 4.52 Å². The van der Waals surface area contributed by atoms with Gasteiger partial charge in [0.25, 0.3) is 0 Å². The zero-order valence-electron chi connectivity index (χ0n) is 6.38. The van der Waals surface area contributed by atoms with E-state index in [1.807, 2.05) is 20.8 Å². The summed E-state index contributed by atoms with van der Waals surface area (Å²) < 4.78 is 4.96. The van der Waals surface area contributed by atoms with Crippen molar-refractivity contribution in [2.24, 2.45) is 0 Å². The second kappa shape index (κ2) is 2.66. The molecule has 0 fully saturated rings. The average Bonchev–Trinajstić information content (AvgIpc) is 2.11. The van der Waals surface area contributed by atoms with Crippen molar-refractivity contribution < 1.29 is 4.52 Å². The van der Waals surface area contributed by atoms with E-state index in [4.69, 9.17) is 4.52 Å². The zero-order chi connectivity index (χ0) is 7.72. The molecule has 0 saturated heterocycles. The monoisotopic (exact) mass is 157 g/mol. The van der Waals surface area contributed by atoms with Gasteiger partial charge in [-0.3, -0.25) is 0 Å². The summed E-state index contributed by atoms with van der Waals surface area (Å²) in [5, 5.41) is 4.03. The summed E-state index contributed by atoms with van der Waals surface area (Å²) >= 11 is 4.29. The first kappa shape index (κ1) is 7.66. The molecule has 56 valence electrons. The van der Waals surface area contributed by atoms with Crippen molar-refractivity contribution in [3.05, 3.63) is 17.0 Å². The van der Waals surface area contributed by atoms with E-state index < -0.39 is 0 Å². The third kappa shape index (κ3) is 1.19. The molecule has 1 aromatic rings. The number of hydrogen-bond acceptors (Lipinski definition) is 3. The highest BCUT2D eigenvalue weighted by molar-refractivity contribution is 7.80. The van der Waals surface area contributed by atoms with Gasteiger partial charge in [0, 0.05) is 10.8 Å². The predicted molar refractivity (Wildman–Crippen MR) is 43.4 cm³/mol. The molecule has 0 aliphatic carbocycles. The van der Waals surface area contributed by atoms with Crippen molar-refractivity contribution in [2.45, 2.75) is 26.0 Å². The summed E-state index contributed by atoms with van der Waals surface area (Å²) in [5.41, 5.74) is 2.06. The van der Waals surface area contributed by atoms with Crippen molar-refractivity contribution >= 4 is 12.6 Å². The van der Waals surface area contributed by atoms with Crippen molar-refractivity contribution in [1.82, 2.24) is 5.16 Å². The summed E-state index contributed by atoms with van der Waals surface area (Å²) in [5.74, 6) is 0.875. The van der Waals surface area contributed by atoms with Gasteiger partial charge in [-0.05, 0) is 20.8 Å². The highest BCUT2D eigenvalue weighted by atomic mass is 32.1. The van der Waals surface area contributed by atoms with Crippen LogP contribution in [0.25, 0.3) is 0 Å². The van der Waals surface area contributed by atoms with E-state index in [0.29, 0.717) is 0 Å². The molecule has 10 heavy (non-hydrogen) atoms. The fourth-order valence-electron chi connectivity index (χ4n) is 1.09. The van der Waals surface area contributed by atoms with Gasteiger partial charge >= 0.3 is 0 Å². The quantitative estimate of drug-likeness (QED) is 0.633. The lowest BCUT2D eigenvalue weighted by atomic mass is 10.1. The summed E-state index contributed by atoms with van der Waals surface area (Å²) in [6, 6.07) is 0. The molecule has 1 atom stereocenters. The Labute approximate surface area is 66.0 Å². The molecule has 3 heteroatoms. The summed E-state index contributed by atoms with van der Waals surface area (Å²) in [6.45, 7) is 5.84. The minimum Gasteiger partial charge on any atom is -0.361 e. The topological polar surface area (TPSA) is 26.0 Å². The van der Waals surface area contributed by atoms with E-state index >= 15 is 0 Å². The molecule has 0 unspecified atom stereocenters. The predicted octanol–water partition coefficient (Wildman–Crippen LogP) is 2.28. The van der Waals surface area contributed by atoms with Crippen LogP contribution in [0.4, 0.5) is 0 Å². The van der Waals surface area contributed by atoms with E-state index in [9.17, 15) is 0 Å². The largest absolute Gasteiger partial charge is 0.361 e. The molecule has 0 amide bonds. The Morgan fingerprint density at radius 2 is 2.10 bits per heavy atom. The third-order valence-electron chi connectivity index (χ3n) is 1.51. The van der Waals surface area contributed by atoms with Gasteiger partial charge in [-0.25, -0.2) is 0 Å². The Balaban J connectivity index is 3.10. The maximum absolute atomic E-state index is 4.96. The first-order valence-corrected chi connectivity index (χ1v) is 3.75. The van der Waals surface area contributed by atoms with Gasteiger partial charge in [-0.1, -0.05) is 5.16 Å². The molecule has 0 aliphatic rings. The van der Waals surface area contributed by atoms with Crippen LogP contribution in [0, 0.1) is 13.8 Å². The van der Waals surface area contributed by atoms with Gasteiger partial charge in [-0.15, -0.1) is 0 Å². The fraction of sp³-hybridized carbons (Fsp3) is 0.571. The zero-order valence-corrected chi connectivity index (χ0v) is 7.27. The number of nitrogens with zero attached hydrogens (tertiary/aromatic N) is 1. The molecule has 0 bridgehead atoms. The molecular weight excluding hydrogens is 146 g/mol. The lowest BCUT2D eigenvalue weighted by Gasteiger charge is -2.00. The van der Waals surface area contributed by atoms with Crippen LogP contribution in [0.1, 0.15) is 29.2 Å². The SMILES string of the molecule is Cc1noc(C)c1[C@@H](C)S. The molecule has 1 heterocycles. The van der Waals surface area contributed by atoms with Gasteiger partial charge in [-0.2, -0.15) is 12.6 Å². The molecule has 2 nitrogen and oxygen atoms in total. The van der Waals surface area contributed by atoms with E-state index in [-0.39, 0.29) is 5.25 Å². The van der Waals surface area contributed by atoms with Crippen LogP contribution in [0.5, 0.6) is 0 Å².